The van der Waals surface area contributed by atoms with E-state index in [1.807, 2.05) is 41.8 Å². The third-order valence-corrected chi connectivity index (χ3v) is 6.34. The highest BCUT2D eigenvalue weighted by Crippen LogP contribution is 2.25. The minimum Gasteiger partial charge on any atom is -0.346 e. The molecule has 4 rings (SSSR count). The van der Waals surface area contributed by atoms with E-state index < -0.39 is 0 Å². The van der Waals surface area contributed by atoms with Gasteiger partial charge in [0, 0.05) is 18.9 Å². The van der Waals surface area contributed by atoms with Gasteiger partial charge in [0.2, 0.25) is 5.01 Å². The lowest BCUT2D eigenvalue weighted by molar-refractivity contribution is 0.0950. The fourth-order valence-corrected chi connectivity index (χ4v) is 4.43. The molecule has 0 saturated heterocycles. The average molecular weight is 440 g/mol. The van der Waals surface area contributed by atoms with E-state index in [0.29, 0.717) is 33.2 Å². The first-order valence-corrected chi connectivity index (χ1v) is 11.0. The number of hydrogen-bond donors (Lipinski definition) is 1. The highest BCUT2D eigenvalue weighted by Gasteiger charge is 2.14. The normalized spacial score (nSPS) is 10.9. The molecule has 4 aromatic rings. The number of thioether (sulfide) groups is 1. The van der Waals surface area contributed by atoms with Gasteiger partial charge < -0.3 is 5.32 Å². The Morgan fingerprint density at radius 2 is 2.03 bits per heavy atom. The van der Waals surface area contributed by atoms with Crippen LogP contribution >= 0.6 is 23.1 Å². The van der Waals surface area contributed by atoms with E-state index >= 15 is 0 Å². The van der Waals surface area contributed by atoms with E-state index in [0.717, 1.165) is 5.56 Å². The van der Waals surface area contributed by atoms with Crippen LogP contribution in [0, 0.1) is 12.7 Å². The van der Waals surface area contributed by atoms with Crippen molar-refractivity contribution < 1.29 is 9.18 Å². The molecule has 0 unspecified atom stereocenters. The van der Waals surface area contributed by atoms with Crippen molar-refractivity contribution >= 4 is 29.0 Å². The average Bonchev–Trinajstić information content (AvgIpc) is 3.41. The Morgan fingerprint density at radius 3 is 2.83 bits per heavy atom. The number of aryl methyl sites for hydroxylation is 1. The molecule has 2 aromatic heterocycles. The predicted molar refractivity (Wildman–Crippen MR) is 115 cm³/mol. The number of benzene rings is 2. The molecule has 0 atom stereocenters. The number of rotatable bonds is 7. The zero-order valence-electron chi connectivity index (χ0n) is 16.1. The van der Waals surface area contributed by atoms with E-state index in [2.05, 4.69) is 20.5 Å². The zero-order chi connectivity index (χ0) is 20.9. The summed E-state index contributed by atoms with van der Waals surface area (Å²) in [4.78, 5) is 16.7. The second kappa shape index (κ2) is 9.19. The lowest BCUT2D eigenvalue weighted by atomic mass is 10.1. The fourth-order valence-electron chi connectivity index (χ4n) is 2.71. The number of nitrogens with zero attached hydrogens (tertiary/aromatic N) is 4. The molecule has 0 bridgehead atoms. The van der Waals surface area contributed by atoms with Gasteiger partial charge in [-0.25, -0.2) is 9.37 Å². The van der Waals surface area contributed by atoms with E-state index in [4.69, 9.17) is 0 Å². The highest BCUT2D eigenvalue weighted by atomic mass is 32.2. The van der Waals surface area contributed by atoms with Crippen molar-refractivity contribution in [1.29, 1.82) is 0 Å². The molecule has 0 radical (unpaired) electrons. The van der Waals surface area contributed by atoms with E-state index in [9.17, 15) is 9.18 Å². The quantitative estimate of drug-likeness (QED) is 0.432. The van der Waals surface area contributed by atoms with Crippen LogP contribution in [0.15, 0.2) is 66.1 Å². The number of carbonyl (C=O) groups excluding carboxylic acids is 1. The van der Waals surface area contributed by atoms with Crippen molar-refractivity contribution in [2.45, 2.75) is 24.4 Å². The number of nitrogens with one attached hydrogen (secondary N) is 1. The summed E-state index contributed by atoms with van der Waals surface area (Å²) in [6.45, 7) is 2.46. The van der Waals surface area contributed by atoms with Crippen molar-refractivity contribution in [3.8, 4) is 5.69 Å². The van der Waals surface area contributed by atoms with E-state index in [1.165, 1.54) is 40.8 Å². The molecule has 9 heteroatoms. The topological polar surface area (TPSA) is 72.7 Å². The van der Waals surface area contributed by atoms with Gasteiger partial charge in [-0.05, 0) is 30.7 Å². The van der Waals surface area contributed by atoms with E-state index in [1.54, 1.807) is 18.5 Å². The van der Waals surface area contributed by atoms with Crippen LogP contribution < -0.4 is 5.32 Å². The number of imidazole rings is 1. The van der Waals surface area contributed by atoms with Crippen LogP contribution in [0.25, 0.3) is 5.69 Å². The maximum atomic E-state index is 13.5. The second-order valence-corrected chi connectivity index (χ2v) is 8.52. The van der Waals surface area contributed by atoms with Gasteiger partial charge in [0.05, 0.1) is 11.4 Å². The number of halogens is 1. The zero-order valence-corrected chi connectivity index (χ0v) is 17.7. The van der Waals surface area contributed by atoms with Crippen LogP contribution in [0.1, 0.15) is 25.9 Å². The SMILES string of the molecule is Cc1ccc(CNC(=O)c2nnc(CSc3nccn3-c3cccc(F)c3)s2)cc1. The van der Waals surface area contributed by atoms with Crippen LogP contribution in [-0.4, -0.2) is 25.7 Å². The van der Waals surface area contributed by atoms with Crippen molar-refractivity contribution in [3.63, 3.8) is 0 Å². The predicted octanol–water partition coefficient (Wildman–Crippen LogP) is 4.39. The summed E-state index contributed by atoms with van der Waals surface area (Å²) in [7, 11) is 0. The van der Waals surface area contributed by atoms with Gasteiger partial charge in [-0.2, -0.15) is 0 Å². The monoisotopic (exact) mass is 439 g/mol. The Hall–Kier alpha value is -3.04. The van der Waals surface area contributed by atoms with Gasteiger partial charge in [-0.15, -0.1) is 10.2 Å². The summed E-state index contributed by atoms with van der Waals surface area (Å²) in [6.07, 6.45) is 3.44. The molecule has 2 heterocycles. The van der Waals surface area contributed by atoms with Crippen molar-refractivity contribution in [2.75, 3.05) is 0 Å². The van der Waals surface area contributed by atoms with Crippen LogP contribution in [0.5, 0.6) is 0 Å². The molecule has 0 saturated carbocycles. The third-order valence-electron chi connectivity index (χ3n) is 4.25. The third kappa shape index (κ3) is 4.92. The molecule has 0 aliphatic rings. The maximum Gasteiger partial charge on any atom is 0.282 e. The molecule has 0 fully saturated rings. The standard InChI is InChI=1S/C21H18FN5OS2/c1-14-5-7-15(8-6-14)12-24-19(28)20-26-25-18(30-20)13-29-21-23-9-10-27(21)17-4-2-3-16(22)11-17/h2-11H,12-13H2,1H3,(H,24,28). The summed E-state index contributed by atoms with van der Waals surface area (Å²) in [5, 5.41) is 12.7. The summed E-state index contributed by atoms with van der Waals surface area (Å²) >= 11 is 2.70. The first kappa shape index (κ1) is 20.2. The first-order chi connectivity index (χ1) is 14.6. The number of amides is 1. The lowest BCUT2D eigenvalue weighted by Crippen LogP contribution is -2.22. The molecule has 0 aliphatic heterocycles. The van der Waals surface area contributed by atoms with Crippen molar-refractivity contribution in [3.05, 3.63) is 87.9 Å². The Bertz CT molecular complexity index is 1160. The van der Waals surface area contributed by atoms with Gasteiger partial charge >= 0.3 is 0 Å². The molecule has 6 nitrogen and oxygen atoms in total. The minimum atomic E-state index is -0.303. The largest absolute Gasteiger partial charge is 0.346 e. The Kier molecular flexibility index (Phi) is 6.20. The Labute approximate surface area is 181 Å². The lowest BCUT2D eigenvalue weighted by Gasteiger charge is -2.06. The second-order valence-electron chi connectivity index (χ2n) is 6.52. The minimum absolute atomic E-state index is 0.245. The van der Waals surface area contributed by atoms with Crippen LogP contribution in [0.2, 0.25) is 0 Å². The molecule has 152 valence electrons. The van der Waals surface area contributed by atoms with Crippen LogP contribution in [-0.2, 0) is 12.3 Å². The molecule has 30 heavy (non-hydrogen) atoms. The fraction of sp³-hybridized carbons (Fsp3) is 0.143. The molecule has 1 N–H and O–H groups in total. The summed E-state index contributed by atoms with van der Waals surface area (Å²) < 4.78 is 15.3. The summed E-state index contributed by atoms with van der Waals surface area (Å²) in [5.41, 5.74) is 2.90. The molecule has 2 aromatic carbocycles. The molecular weight excluding hydrogens is 421 g/mol. The number of aromatic nitrogens is 4. The Morgan fingerprint density at radius 1 is 1.20 bits per heavy atom. The number of carbonyl (C=O) groups is 1. The number of hydrogen-bond acceptors (Lipinski definition) is 6. The maximum absolute atomic E-state index is 13.5. The molecule has 0 spiro atoms. The first-order valence-electron chi connectivity index (χ1n) is 9.17. The summed E-state index contributed by atoms with van der Waals surface area (Å²) in [6, 6.07) is 14.3. The van der Waals surface area contributed by atoms with Gasteiger partial charge in [-0.1, -0.05) is 59.0 Å². The summed E-state index contributed by atoms with van der Waals surface area (Å²) in [5.74, 6) is -0.0388. The van der Waals surface area contributed by atoms with Crippen LogP contribution in [0.3, 0.4) is 0 Å². The van der Waals surface area contributed by atoms with Crippen molar-refractivity contribution in [2.24, 2.45) is 0 Å². The van der Waals surface area contributed by atoms with Crippen LogP contribution in [0.4, 0.5) is 4.39 Å². The van der Waals surface area contributed by atoms with Crippen molar-refractivity contribution in [1.82, 2.24) is 25.1 Å². The van der Waals surface area contributed by atoms with Gasteiger partial charge in [0.1, 0.15) is 10.8 Å². The highest BCUT2D eigenvalue weighted by molar-refractivity contribution is 7.98. The molecule has 0 aliphatic carbocycles. The molecular formula is C21H18FN5OS2. The van der Waals surface area contributed by atoms with Gasteiger partial charge in [0.25, 0.3) is 5.91 Å². The Balaban J connectivity index is 1.36. The molecule has 1 amide bonds. The van der Waals surface area contributed by atoms with Gasteiger partial charge in [0.15, 0.2) is 5.16 Å². The van der Waals surface area contributed by atoms with Gasteiger partial charge in [-0.3, -0.25) is 9.36 Å². The van der Waals surface area contributed by atoms with E-state index in [-0.39, 0.29) is 11.7 Å². The smallest absolute Gasteiger partial charge is 0.282 e.